The molecule has 0 aliphatic heterocycles. The van der Waals surface area contributed by atoms with Crippen molar-refractivity contribution < 1.29 is 17.5 Å². The summed E-state index contributed by atoms with van der Waals surface area (Å²) in [6, 6.07) is 12.8. The molecule has 0 fully saturated rings. The highest BCUT2D eigenvalue weighted by Crippen LogP contribution is 2.28. The Kier molecular flexibility index (Phi) is 8.34. The lowest BCUT2D eigenvalue weighted by Gasteiger charge is -2.24. The van der Waals surface area contributed by atoms with Crippen molar-refractivity contribution in [1.82, 2.24) is 4.72 Å². The molecule has 0 saturated carbocycles. The van der Waals surface area contributed by atoms with Crippen LogP contribution in [0.15, 0.2) is 53.4 Å². The molecular weight excluding hydrogens is 397 g/mol. The number of nitrogens with one attached hydrogen (secondary N) is 1. The van der Waals surface area contributed by atoms with E-state index in [-0.39, 0.29) is 22.0 Å². The summed E-state index contributed by atoms with van der Waals surface area (Å²) in [4.78, 5) is 0.217. The molecule has 154 valence electrons. The van der Waals surface area contributed by atoms with Gasteiger partial charge in [0.1, 0.15) is 11.6 Å². The third kappa shape index (κ3) is 7.45. The van der Waals surface area contributed by atoms with Crippen molar-refractivity contribution in [3.8, 4) is 5.75 Å². The van der Waals surface area contributed by atoms with Gasteiger partial charge in [-0.3, -0.25) is 0 Å². The first-order valence-corrected chi connectivity index (χ1v) is 11.8. The summed E-state index contributed by atoms with van der Waals surface area (Å²) in [5, 5.41) is 0. The van der Waals surface area contributed by atoms with Gasteiger partial charge in [-0.25, -0.2) is 17.5 Å². The predicted molar refractivity (Wildman–Crippen MR) is 114 cm³/mol. The zero-order valence-corrected chi connectivity index (χ0v) is 18.2. The molecule has 2 rings (SSSR count). The van der Waals surface area contributed by atoms with Gasteiger partial charge in [0.25, 0.3) is 0 Å². The van der Waals surface area contributed by atoms with E-state index in [9.17, 15) is 12.8 Å². The van der Waals surface area contributed by atoms with Crippen LogP contribution in [0.4, 0.5) is 4.39 Å². The third-order valence-corrected chi connectivity index (χ3v) is 6.95. The maximum atomic E-state index is 13.0. The van der Waals surface area contributed by atoms with Gasteiger partial charge in [0.05, 0.1) is 11.5 Å². The maximum Gasteiger partial charge on any atom is 0.240 e. The van der Waals surface area contributed by atoms with Gasteiger partial charge in [-0.1, -0.05) is 25.5 Å². The normalized spacial score (nSPS) is 12.1. The number of thioether (sulfide) groups is 1. The lowest BCUT2D eigenvalue weighted by molar-refractivity contribution is 0.309. The van der Waals surface area contributed by atoms with Crippen molar-refractivity contribution in [3.05, 3.63) is 59.9 Å². The van der Waals surface area contributed by atoms with E-state index in [0.29, 0.717) is 18.1 Å². The lowest BCUT2D eigenvalue weighted by Crippen LogP contribution is -2.36. The molecule has 0 bridgehead atoms. The Hall–Kier alpha value is -1.57. The number of rotatable bonds is 11. The Morgan fingerprint density at radius 3 is 2.32 bits per heavy atom. The average molecular weight is 426 g/mol. The van der Waals surface area contributed by atoms with E-state index in [1.807, 2.05) is 13.8 Å². The van der Waals surface area contributed by atoms with Gasteiger partial charge in [0.15, 0.2) is 0 Å². The largest absolute Gasteiger partial charge is 0.494 e. The van der Waals surface area contributed by atoms with Gasteiger partial charge in [0.2, 0.25) is 10.0 Å². The maximum absolute atomic E-state index is 13.0. The van der Waals surface area contributed by atoms with Crippen molar-refractivity contribution >= 4 is 21.8 Å². The highest BCUT2D eigenvalue weighted by molar-refractivity contribution is 7.99. The van der Waals surface area contributed by atoms with Crippen LogP contribution in [0, 0.1) is 5.82 Å². The Bertz CT molecular complexity index is 835. The quantitative estimate of drug-likeness (QED) is 0.515. The van der Waals surface area contributed by atoms with Crippen LogP contribution in [0.3, 0.4) is 0 Å². The number of ether oxygens (including phenoxy) is 1. The number of benzene rings is 2. The smallest absolute Gasteiger partial charge is 0.240 e. The number of sulfonamides is 1. The molecule has 0 unspecified atom stereocenters. The van der Waals surface area contributed by atoms with Gasteiger partial charge in [0, 0.05) is 17.0 Å². The molecular formula is C21H28FNO3S2. The summed E-state index contributed by atoms with van der Waals surface area (Å²) in [5.74, 6) is 1.09. The molecule has 0 aromatic heterocycles. The highest BCUT2D eigenvalue weighted by atomic mass is 32.2. The van der Waals surface area contributed by atoms with Crippen LogP contribution in [0.2, 0.25) is 0 Å². The van der Waals surface area contributed by atoms with Crippen molar-refractivity contribution in [3.63, 3.8) is 0 Å². The van der Waals surface area contributed by atoms with Crippen LogP contribution >= 0.6 is 11.8 Å². The molecule has 2 aromatic rings. The van der Waals surface area contributed by atoms with Gasteiger partial charge < -0.3 is 4.74 Å². The minimum absolute atomic E-state index is 0.217. The summed E-state index contributed by atoms with van der Waals surface area (Å²) in [5.41, 5.74) is 1.00. The molecule has 0 amide bonds. The fraction of sp³-hybridized carbons (Fsp3) is 0.429. The molecule has 0 aliphatic rings. The highest BCUT2D eigenvalue weighted by Gasteiger charge is 2.23. The second-order valence-electron chi connectivity index (χ2n) is 7.17. The van der Waals surface area contributed by atoms with Crippen molar-refractivity contribution in [2.45, 2.75) is 49.0 Å². The molecule has 4 nitrogen and oxygen atoms in total. The van der Waals surface area contributed by atoms with Crippen LogP contribution in [-0.4, -0.2) is 26.3 Å². The fourth-order valence-electron chi connectivity index (χ4n) is 2.31. The Morgan fingerprint density at radius 2 is 1.71 bits per heavy atom. The van der Waals surface area contributed by atoms with Crippen molar-refractivity contribution in [1.29, 1.82) is 0 Å². The molecule has 1 N–H and O–H groups in total. The molecule has 0 spiro atoms. The van der Waals surface area contributed by atoms with Crippen LogP contribution in [0.5, 0.6) is 5.75 Å². The van der Waals surface area contributed by atoms with Crippen LogP contribution in [0.25, 0.3) is 0 Å². The Morgan fingerprint density at radius 1 is 1.07 bits per heavy atom. The first kappa shape index (κ1) is 22.7. The molecule has 0 radical (unpaired) electrons. The van der Waals surface area contributed by atoms with Crippen molar-refractivity contribution in [2.75, 3.05) is 13.2 Å². The zero-order chi connectivity index (χ0) is 20.6. The van der Waals surface area contributed by atoms with E-state index in [0.717, 1.165) is 18.4 Å². The summed E-state index contributed by atoms with van der Waals surface area (Å²) in [7, 11) is -3.59. The minimum atomic E-state index is -3.59. The van der Waals surface area contributed by atoms with E-state index < -0.39 is 10.0 Å². The van der Waals surface area contributed by atoms with Gasteiger partial charge in [-0.2, -0.15) is 0 Å². The van der Waals surface area contributed by atoms with Gasteiger partial charge in [-0.15, -0.1) is 11.8 Å². The topological polar surface area (TPSA) is 55.4 Å². The predicted octanol–water partition coefficient (Wildman–Crippen LogP) is 4.99. The van der Waals surface area contributed by atoms with E-state index >= 15 is 0 Å². The molecule has 28 heavy (non-hydrogen) atoms. The number of hydrogen-bond donors (Lipinski definition) is 1. The first-order chi connectivity index (χ1) is 13.2. The van der Waals surface area contributed by atoms with E-state index in [4.69, 9.17) is 4.74 Å². The van der Waals surface area contributed by atoms with E-state index in [2.05, 4.69) is 11.6 Å². The second-order valence-corrected chi connectivity index (χ2v) is 10.6. The summed E-state index contributed by atoms with van der Waals surface area (Å²) >= 11 is 1.62. The van der Waals surface area contributed by atoms with Crippen LogP contribution in [-0.2, 0) is 15.8 Å². The summed E-state index contributed by atoms with van der Waals surface area (Å²) in [6.07, 6.45) is 2.01. The molecule has 0 heterocycles. The molecule has 2 aromatic carbocycles. The van der Waals surface area contributed by atoms with Gasteiger partial charge >= 0.3 is 0 Å². The van der Waals surface area contributed by atoms with E-state index in [1.165, 1.54) is 12.1 Å². The Labute approximate surface area is 171 Å². The van der Waals surface area contributed by atoms with Crippen molar-refractivity contribution in [2.24, 2.45) is 0 Å². The molecule has 0 saturated heterocycles. The number of hydrogen-bond acceptors (Lipinski definition) is 4. The van der Waals surface area contributed by atoms with Crippen LogP contribution < -0.4 is 9.46 Å². The summed E-state index contributed by atoms with van der Waals surface area (Å²) < 4.78 is 46.0. The standard InChI is InChI=1S/C21H28FNO3S2/c1-4-5-14-26-19-10-12-20(13-11-19)28(24,25)23-16-21(2,3)27-15-17-6-8-18(22)9-7-17/h6-13,23H,4-5,14-16H2,1-3H3. The second kappa shape index (κ2) is 10.3. The third-order valence-electron chi connectivity index (χ3n) is 4.13. The molecule has 7 heteroatoms. The number of unbranched alkanes of at least 4 members (excludes halogenated alkanes) is 1. The lowest BCUT2D eigenvalue weighted by atomic mass is 10.2. The minimum Gasteiger partial charge on any atom is -0.494 e. The summed E-state index contributed by atoms with van der Waals surface area (Å²) in [6.45, 7) is 6.96. The monoisotopic (exact) mass is 425 g/mol. The van der Waals surface area contributed by atoms with Gasteiger partial charge in [-0.05, 0) is 62.2 Å². The Balaban J connectivity index is 1.89. The average Bonchev–Trinajstić information content (AvgIpc) is 2.67. The number of halogens is 1. The fourth-order valence-corrected chi connectivity index (χ4v) is 4.54. The zero-order valence-electron chi connectivity index (χ0n) is 16.6. The molecule has 0 aliphatic carbocycles. The first-order valence-electron chi connectivity index (χ1n) is 9.33. The van der Waals surface area contributed by atoms with E-state index in [1.54, 1.807) is 48.2 Å². The van der Waals surface area contributed by atoms with Crippen LogP contribution in [0.1, 0.15) is 39.2 Å². The SMILES string of the molecule is CCCCOc1ccc(S(=O)(=O)NCC(C)(C)SCc2ccc(F)cc2)cc1. The molecule has 0 atom stereocenters.